The lowest BCUT2D eigenvalue weighted by molar-refractivity contribution is 0.112. The Hall–Kier alpha value is -1.37. The predicted molar refractivity (Wildman–Crippen MR) is 56.9 cm³/mol. The van der Waals surface area contributed by atoms with Gasteiger partial charge in [0, 0.05) is 15.1 Å². The van der Waals surface area contributed by atoms with E-state index >= 15 is 0 Å². The second-order valence-corrected chi connectivity index (χ2v) is 4.30. The lowest BCUT2D eigenvalue weighted by Crippen LogP contribution is -1.74. The molecule has 0 amide bonds. The number of halogens is 1. The molecule has 0 fully saturated rings. The molecule has 0 aliphatic rings. The summed E-state index contributed by atoms with van der Waals surface area (Å²) in [5.41, 5.74) is 0.511. The summed E-state index contributed by atoms with van der Waals surface area (Å²) in [6, 6.07) is 7.13. The maximum atomic E-state index is 10.6. The molecule has 68 valence electrons. The van der Waals surface area contributed by atoms with Gasteiger partial charge in [-0.2, -0.15) is 5.26 Å². The third-order valence-corrected chi connectivity index (χ3v) is 3.08. The molecule has 0 unspecified atom stereocenters. The van der Waals surface area contributed by atoms with Gasteiger partial charge < -0.3 is 0 Å². The zero-order valence-electron chi connectivity index (χ0n) is 6.95. The Morgan fingerprint density at radius 3 is 2.86 bits per heavy atom. The van der Waals surface area contributed by atoms with E-state index in [4.69, 9.17) is 16.9 Å². The van der Waals surface area contributed by atoms with Gasteiger partial charge in [0.15, 0.2) is 6.29 Å². The molecular weight excluding hydrogens is 218 g/mol. The van der Waals surface area contributed by atoms with Crippen molar-refractivity contribution in [2.75, 3.05) is 0 Å². The molecule has 0 saturated carbocycles. The Morgan fingerprint density at radius 1 is 1.43 bits per heavy atom. The van der Waals surface area contributed by atoms with E-state index in [0.29, 0.717) is 15.5 Å². The van der Waals surface area contributed by atoms with E-state index in [-0.39, 0.29) is 0 Å². The Bertz CT molecular complexity index is 553. The molecule has 0 N–H and O–H groups in total. The number of aldehydes is 1. The minimum atomic E-state index is 0.511. The summed E-state index contributed by atoms with van der Waals surface area (Å²) in [5, 5.41) is 10.2. The first kappa shape index (κ1) is 9.20. The third kappa shape index (κ3) is 1.39. The van der Waals surface area contributed by atoms with Gasteiger partial charge in [-0.3, -0.25) is 4.79 Å². The summed E-state index contributed by atoms with van der Waals surface area (Å²) in [5.74, 6) is 0. The van der Waals surface area contributed by atoms with Crippen molar-refractivity contribution < 1.29 is 4.79 Å². The molecule has 14 heavy (non-hydrogen) atoms. The van der Waals surface area contributed by atoms with Gasteiger partial charge in [0.1, 0.15) is 0 Å². The average molecular weight is 222 g/mol. The summed E-state index contributed by atoms with van der Waals surface area (Å²) >= 11 is 7.16. The zero-order valence-corrected chi connectivity index (χ0v) is 8.52. The van der Waals surface area contributed by atoms with Gasteiger partial charge in [-0.25, -0.2) is 0 Å². The molecule has 0 atom stereocenters. The van der Waals surface area contributed by atoms with E-state index in [1.807, 2.05) is 0 Å². The molecule has 0 radical (unpaired) electrons. The van der Waals surface area contributed by atoms with E-state index in [1.165, 1.54) is 11.3 Å². The SMILES string of the molecule is N#Cc1cc(Cl)cc2sc(C=O)cc12. The lowest BCUT2D eigenvalue weighted by atomic mass is 10.1. The van der Waals surface area contributed by atoms with Crippen LogP contribution >= 0.6 is 22.9 Å². The number of fused-ring (bicyclic) bond motifs is 1. The molecule has 0 saturated heterocycles. The standard InChI is InChI=1S/C10H4ClNOS/c11-7-1-6(4-12)9-3-8(5-13)14-10(9)2-7/h1-3,5H. The lowest BCUT2D eigenvalue weighted by Gasteiger charge is -1.93. The van der Waals surface area contributed by atoms with Crippen LogP contribution in [0, 0.1) is 11.3 Å². The first-order valence-corrected chi connectivity index (χ1v) is 5.02. The highest BCUT2D eigenvalue weighted by Gasteiger charge is 2.06. The van der Waals surface area contributed by atoms with E-state index in [0.717, 1.165) is 16.4 Å². The second kappa shape index (κ2) is 3.41. The van der Waals surface area contributed by atoms with Crippen molar-refractivity contribution in [3.8, 4) is 6.07 Å². The maximum absolute atomic E-state index is 10.6. The second-order valence-electron chi connectivity index (χ2n) is 2.74. The van der Waals surface area contributed by atoms with Gasteiger partial charge in [-0.15, -0.1) is 11.3 Å². The van der Waals surface area contributed by atoms with Crippen LogP contribution in [0.2, 0.25) is 5.02 Å². The van der Waals surface area contributed by atoms with Crippen LogP contribution in [-0.2, 0) is 0 Å². The number of nitrogens with zero attached hydrogens (tertiary/aromatic N) is 1. The van der Waals surface area contributed by atoms with E-state index in [9.17, 15) is 4.79 Å². The van der Waals surface area contributed by atoms with Crippen LogP contribution in [0.4, 0.5) is 0 Å². The molecule has 4 heteroatoms. The minimum absolute atomic E-state index is 0.511. The summed E-state index contributed by atoms with van der Waals surface area (Å²) in [6.45, 7) is 0. The quantitative estimate of drug-likeness (QED) is 0.694. The molecule has 2 aromatic rings. The first-order valence-electron chi connectivity index (χ1n) is 3.83. The van der Waals surface area contributed by atoms with Gasteiger partial charge in [0.2, 0.25) is 0 Å². The van der Waals surface area contributed by atoms with Crippen molar-refractivity contribution >= 4 is 39.3 Å². The highest BCUT2D eigenvalue weighted by Crippen LogP contribution is 2.30. The monoisotopic (exact) mass is 221 g/mol. The molecule has 2 nitrogen and oxygen atoms in total. The smallest absolute Gasteiger partial charge is 0.160 e. The molecular formula is C10H4ClNOS. The number of rotatable bonds is 1. The van der Waals surface area contributed by atoms with Crippen LogP contribution in [0.3, 0.4) is 0 Å². The van der Waals surface area contributed by atoms with Crippen molar-refractivity contribution in [3.63, 3.8) is 0 Å². The number of carbonyl (C=O) groups is 1. The van der Waals surface area contributed by atoms with Crippen LogP contribution in [0.25, 0.3) is 10.1 Å². The fourth-order valence-electron chi connectivity index (χ4n) is 1.28. The molecule has 0 bridgehead atoms. The predicted octanol–water partition coefficient (Wildman–Crippen LogP) is 3.24. The fourth-order valence-corrected chi connectivity index (χ4v) is 2.50. The number of carbonyl (C=O) groups excluding carboxylic acids is 1. The van der Waals surface area contributed by atoms with Crippen molar-refractivity contribution in [1.82, 2.24) is 0 Å². The van der Waals surface area contributed by atoms with Gasteiger partial charge in [-0.05, 0) is 18.2 Å². The zero-order chi connectivity index (χ0) is 10.1. The summed E-state index contributed by atoms with van der Waals surface area (Å²) in [7, 11) is 0. The highest BCUT2D eigenvalue weighted by atomic mass is 35.5. The van der Waals surface area contributed by atoms with Crippen LogP contribution in [0.15, 0.2) is 18.2 Å². The largest absolute Gasteiger partial charge is 0.297 e. The van der Waals surface area contributed by atoms with Crippen molar-refractivity contribution in [1.29, 1.82) is 5.26 Å². The molecule has 0 aliphatic heterocycles. The molecule has 1 aromatic carbocycles. The molecule has 1 heterocycles. The van der Waals surface area contributed by atoms with E-state index in [2.05, 4.69) is 6.07 Å². The number of hydrogen-bond acceptors (Lipinski definition) is 3. The van der Waals surface area contributed by atoms with Gasteiger partial charge in [0.05, 0.1) is 16.5 Å². The number of hydrogen-bond donors (Lipinski definition) is 0. The van der Waals surface area contributed by atoms with Crippen molar-refractivity contribution in [3.05, 3.63) is 33.7 Å². The topological polar surface area (TPSA) is 40.9 Å². The Morgan fingerprint density at radius 2 is 2.21 bits per heavy atom. The third-order valence-electron chi connectivity index (χ3n) is 1.86. The molecule has 1 aromatic heterocycles. The van der Waals surface area contributed by atoms with E-state index in [1.54, 1.807) is 18.2 Å². The Labute approximate surface area is 89.3 Å². The Kier molecular flexibility index (Phi) is 2.24. The summed E-state index contributed by atoms with van der Waals surface area (Å²) in [4.78, 5) is 11.2. The molecule has 0 aliphatic carbocycles. The van der Waals surface area contributed by atoms with Gasteiger partial charge in [-0.1, -0.05) is 11.6 Å². The average Bonchev–Trinajstić information content (AvgIpc) is 2.59. The maximum Gasteiger partial charge on any atom is 0.160 e. The fraction of sp³-hybridized carbons (Fsp3) is 0. The molecule has 0 spiro atoms. The number of nitriles is 1. The van der Waals surface area contributed by atoms with Gasteiger partial charge >= 0.3 is 0 Å². The molecule has 2 rings (SSSR count). The van der Waals surface area contributed by atoms with Crippen LogP contribution in [-0.4, -0.2) is 6.29 Å². The van der Waals surface area contributed by atoms with E-state index < -0.39 is 0 Å². The normalized spacial score (nSPS) is 10.0. The van der Waals surface area contributed by atoms with Crippen molar-refractivity contribution in [2.45, 2.75) is 0 Å². The number of thiophene rings is 1. The Balaban J connectivity index is 2.86. The van der Waals surface area contributed by atoms with Crippen LogP contribution in [0.1, 0.15) is 15.2 Å². The summed E-state index contributed by atoms with van der Waals surface area (Å²) in [6.07, 6.45) is 0.778. The highest BCUT2D eigenvalue weighted by molar-refractivity contribution is 7.20. The minimum Gasteiger partial charge on any atom is -0.297 e. The van der Waals surface area contributed by atoms with Crippen LogP contribution < -0.4 is 0 Å². The first-order chi connectivity index (χ1) is 6.74. The summed E-state index contributed by atoms with van der Waals surface area (Å²) < 4.78 is 0.871. The van der Waals surface area contributed by atoms with Crippen LogP contribution in [0.5, 0.6) is 0 Å². The number of benzene rings is 1. The van der Waals surface area contributed by atoms with Crippen molar-refractivity contribution in [2.24, 2.45) is 0 Å². The van der Waals surface area contributed by atoms with Gasteiger partial charge in [0.25, 0.3) is 0 Å².